The van der Waals surface area contributed by atoms with Gasteiger partial charge in [0, 0.05) is 5.69 Å². The van der Waals surface area contributed by atoms with Crippen LogP contribution in [-0.2, 0) is 4.79 Å². The third-order valence-corrected chi connectivity index (χ3v) is 5.28. The Morgan fingerprint density at radius 2 is 1.88 bits per heavy atom. The number of nitrogens with one attached hydrogen (secondary N) is 2. The molecule has 0 saturated heterocycles. The molecule has 3 rings (SSSR count). The van der Waals surface area contributed by atoms with Crippen LogP contribution < -0.4 is 10.9 Å². The summed E-state index contributed by atoms with van der Waals surface area (Å²) in [7, 11) is 0. The smallest absolute Gasteiger partial charge is 0.274 e. The number of hydrogen-bond acceptors (Lipinski definition) is 6. The Morgan fingerprint density at radius 1 is 1.12 bits per heavy atom. The highest BCUT2D eigenvalue weighted by atomic mass is 32.2. The summed E-state index contributed by atoms with van der Waals surface area (Å²) < 4.78 is 1.89. The van der Waals surface area contributed by atoms with Crippen molar-refractivity contribution in [3.05, 3.63) is 58.0 Å². The Bertz CT molecular complexity index is 904. The van der Waals surface area contributed by atoms with E-state index in [1.54, 1.807) is 17.5 Å². The van der Waals surface area contributed by atoms with Gasteiger partial charge in [0.2, 0.25) is 5.91 Å². The highest BCUT2D eigenvalue weighted by Crippen LogP contribution is 2.21. The SMILES string of the molecule is Cc1ccc(-n2c(C)nnc2SCC(=O)NNC(=O)c2cccs2)cc1. The molecule has 0 bridgehead atoms. The molecule has 0 fully saturated rings. The van der Waals surface area contributed by atoms with Gasteiger partial charge in [-0.05, 0) is 37.4 Å². The first-order chi connectivity index (χ1) is 12.5. The predicted octanol–water partition coefficient (Wildman–Crippen LogP) is 2.50. The van der Waals surface area contributed by atoms with Crippen LogP contribution in [0, 0.1) is 13.8 Å². The molecule has 7 nitrogen and oxygen atoms in total. The number of aromatic nitrogens is 3. The van der Waals surface area contributed by atoms with Crippen LogP contribution in [0.5, 0.6) is 0 Å². The largest absolute Gasteiger partial charge is 0.279 e. The Kier molecular flexibility index (Phi) is 5.69. The molecular formula is C17H17N5O2S2. The number of amides is 2. The number of thioether (sulfide) groups is 1. The number of benzene rings is 1. The number of rotatable bonds is 5. The molecule has 0 unspecified atom stereocenters. The first-order valence-corrected chi connectivity index (χ1v) is 9.65. The predicted molar refractivity (Wildman–Crippen MR) is 101 cm³/mol. The quantitative estimate of drug-likeness (QED) is 0.519. The van der Waals surface area contributed by atoms with Gasteiger partial charge in [0.15, 0.2) is 5.16 Å². The first kappa shape index (κ1) is 18.2. The number of hydrogen-bond donors (Lipinski definition) is 2. The summed E-state index contributed by atoms with van der Waals surface area (Å²) in [5, 5.41) is 10.6. The second kappa shape index (κ2) is 8.15. The van der Waals surface area contributed by atoms with Gasteiger partial charge in [0.25, 0.3) is 5.91 Å². The highest BCUT2D eigenvalue weighted by molar-refractivity contribution is 7.99. The fourth-order valence-corrected chi connectivity index (χ4v) is 3.61. The van der Waals surface area contributed by atoms with Crippen molar-refractivity contribution in [3.63, 3.8) is 0 Å². The molecule has 2 amide bonds. The van der Waals surface area contributed by atoms with Gasteiger partial charge < -0.3 is 0 Å². The Labute approximate surface area is 158 Å². The Morgan fingerprint density at radius 3 is 2.58 bits per heavy atom. The van der Waals surface area contributed by atoms with Crippen LogP contribution in [0.15, 0.2) is 46.9 Å². The van der Waals surface area contributed by atoms with Crippen LogP contribution in [0.3, 0.4) is 0 Å². The standard InChI is InChI=1S/C17H17N5O2S2/c1-11-5-7-13(8-6-11)22-12(2)18-21-17(22)26-10-15(23)19-20-16(24)14-4-3-9-25-14/h3-9H,10H2,1-2H3,(H,19,23)(H,20,24). The van der Waals surface area contributed by atoms with E-state index in [9.17, 15) is 9.59 Å². The van der Waals surface area contributed by atoms with Crippen LogP contribution in [0.25, 0.3) is 5.69 Å². The van der Waals surface area contributed by atoms with Gasteiger partial charge in [-0.3, -0.25) is 25.0 Å². The van der Waals surface area contributed by atoms with Gasteiger partial charge in [-0.2, -0.15) is 0 Å². The fourth-order valence-electron chi connectivity index (χ4n) is 2.19. The van der Waals surface area contributed by atoms with E-state index in [1.165, 1.54) is 23.1 Å². The molecule has 1 aromatic carbocycles. The maximum Gasteiger partial charge on any atom is 0.279 e. The molecule has 2 heterocycles. The minimum atomic E-state index is -0.336. The summed E-state index contributed by atoms with van der Waals surface area (Å²) >= 11 is 2.56. The van der Waals surface area contributed by atoms with E-state index in [-0.39, 0.29) is 17.6 Å². The summed E-state index contributed by atoms with van der Waals surface area (Å²) in [4.78, 5) is 24.3. The minimum absolute atomic E-state index is 0.106. The normalized spacial score (nSPS) is 10.5. The van der Waals surface area contributed by atoms with E-state index in [0.717, 1.165) is 17.1 Å². The maximum atomic E-state index is 12.0. The number of thiophene rings is 1. The third-order valence-electron chi connectivity index (χ3n) is 3.48. The fraction of sp³-hybridized carbons (Fsp3) is 0.176. The van der Waals surface area contributed by atoms with Gasteiger partial charge in [0.05, 0.1) is 10.6 Å². The molecule has 0 aliphatic heterocycles. The van der Waals surface area contributed by atoms with Gasteiger partial charge in [-0.15, -0.1) is 21.5 Å². The van der Waals surface area contributed by atoms with Crippen molar-refractivity contribution in [2.24, 2.45) is 0 Å². The van der Waals surface area contributed by atoms with E-state index in [0.29, 0.717) is 10.0 Å². The van der Waals surface area contributed by atoms with Crippen molar-refractivity contribution in [2.75, 3.05) is 5.75 Å². The molecule has 26 heavy (non-hydrogen) atoms. The summed E-state index contributed by atoms with van der Waals surface area (Å²) in [5.41, 5.74) is 6.90. The Hall–Kier alpha value is -2.65. The minimum Gasteiger partial charge on any atom is -0.274 e. The van der Waals surface area contributed by atoms with Gasteiger partial charge >= 0.3 is 0 Å². The molecule has 3 aromatic rings. The molecule has 0 aliphatic rings. The van der Waals surface area contributed by atoms with Crippen molar-refractivity contribution >= 4 is 34.9 Å². The molecule has 0 spiro atoms. The maximum absolute atomic E-state index is 12.0. The summed E-state index contributed by atoms with van der Waals surface area (Å²) in [6, 6.07) is 11.4. The second-order valence-corrected chi connectivity index (χ2v) is 7.36. The lowest BCUT2D eigenvalue weighted by molar-refractivity contribution is -0.119. The lowest BCUT2D eigenvalue weighted by Crippen LogP contribution is -2.42. The van der Waals surface area contributed by atoms with Crippen molar-refractivity contribution in [1.82, 2.24) is 25.6 Å². The lowest BCUT2D eigenvalue weighted by Gasteiger charge is -2.09. The van der Waals surface area contributed by atoms with E-state index in [1.807, 2.05) is 42.7 Å². The van der Waals surface area contributed by atoms with E-state index in [2.05, 4.69) is 21.0 Å². The highest BCUT2D eigenvalue weighted by Gasteiger charge is 2.14. The van der Waals surface area contributed by atoms with Crippen LogP contribution >= 0.6 is 23.1 Å². The van der Waals surface area contributed by atoms with E-state index in [4.69, 9.17) is 0 Å². The number of carbonyl (C=O) groups excluding carboxylic acids is 2. The van der Waals surface area contributed by atoms with Crippen LogP contribution in [0.2, 0.25) is 0 Å². The van der Waals surface area contributed by atoms with E-state index >= 15 is 0 Å². The molecule has 2 aromatic heterocycles. The lowest BCUT2D eigenvalue weighted by atomic mass is 10.2. The molecule has 2 N–H and O–H groups in total. The van der Waals surface area contributed by atoms with Crippen molar-refractivity contribution < 1.29 is 9.59 Å². The monoisotopic (exact) mass is 387 g/mol. The van der Waals surface area contributed by atoms with E-state index < -0.39 is 0 Å². The second-order valence-electron chi connectivity index (χ2n) is 5.47. The molecule has 0 atom stereocenters. The summed E-state index contributed by atoms with van der Waals surface area (Å²) in [5.74, 6) is 0.185. The zero-order chi connectivity index (χ0) is 18.5. The van der Waals surface area contributed by atoms with Gasteiger partial charge in [-0.1, -0.05) is 35.5 Å². The van der Waals surface area contributed by atoms with Gasteiger partial charge in [0.1, 0.15) is 5.82 Å². The first-order valence-electron chi connectivity index (χ1n) is 7.79. The average Bonchev–Trinajstić information content (AvgIpc) is 3.29. The summed E-state index contributed by atoms with van der Waals surface area (Å²) in [6.45, 7) is 3.88. The number of nitrogens with zero attached hydrogens (tertiary/aromatic N) is 3. The van der Waals surface area contributed by atoms with Crippen LogP contribution in [-0.4, -0.2) is 32.3 Å². The molecule has 0 radical (unpaired) electrons. The number of hydrazine groups is 1. The van der Waals surface area contributed by atoms with Crippen molar-refractivity contribution in [2.45, 2.75) is 19.0 Å². The Balaban J connectivity index is 1.59. The zero-order valence-electron chi connectivity index (χ0n) is 14.2. The number of carbonyl (C=O) groups is 2. The number of aryl methyl sites for hydroxylation is 2. The third kappa shape index (κ3) is 4.30. The summed E-state index contributed by atoms with van der Waals surface area (Å²) in [6.07, 6.45) is 0. The van der Waals surface area contributed by atoms with Crippen molar-refractivity contribution in [1.29, 1.82) is 0 Å². The van der Waals surface area contributed by atoms with Gasteiger partial charge in [-0.25, -0.2) is 0 Å². The van der Waals surface area contributed by atoms with Crippen molar-refractivity contribution in [3.8, 4) is 5.69 Å². The zero-order valence-corrected chi connectivity index (χ0v) is 15.9. The average molecular weight is 387 g/mol. The van der Waals surface area contributed by atoms with Crippen LogP contribution in [0.1, 0.15) is 21.1 Å². The molecule has 0 aliphatic carbocycles. The molecular weight excluding hydrogens is 370 g/mol. The molecule has 9 heteroatoms. The molecule has 0 saturated carbocycles. The van der Waals surface area contributed by atoms with Crippen LogP contribution in [0.4, 0.5) is 0 Å². The topological polar surface area (TPSA) is 88.9 Å². The molecule has 134 valence electrons.